The highest BCUT2D eigenvalue weighted by Gasteiger charge is 2.27. The van der Waals surface area contributed by atoms with E-state index in [-0.39, 0.29) is 11.9 Å². The smallest absolute Gasteiger partial charge is 0.241 e. The Kier molecular flexibility index (Phi) is 5.58. The molecule has 8 nitrogen and oxygen atoms in total. The number of halogens is 2. The fourth-order valence-electron chi connectivity index (χ4n) is 3.56. The fourth-order valence-corrected chi connectivity index (χ4v) is 4.09. The number of benzene rings is 1. The number of aromatic nitrogens is 4. The van der Waals surface area contributed by atoms with E-state index < -0.39 is 0 Å². The molecule has 0 bridgehead atoms. The van der Waals surface area contributed by atoms with E-state index in [9.17, 15) is 4.79 Å². The number of piperazine rings is 1. The number of rotatable bonds is 4. The molecule has 0 saturated carbocycles. The molecule has 1 aliphatic rings. The Balaban J connectivity index is 1.40. The lowest BCUT2D eigenvalue weighted by atomic mass is 10.2. The molecule has 1 saturated heterocycles. The van der Waals surface area contributed by atoms with E-state index >= 15 is 0 Å². The molecule has 1 amide bonds. The summed E-state index contributed by atoms with van der Waals surface area (Å²) in [5.41, 5.74) is 1.41. The number of hydrogen-bond donors (Lipinski definition) is 1. The van der Waals surface area contributed by atoms with Crippen LogP contribution < -0.4 is 10.2 Å². The molecule has 29 heavy (non-hydrogen) atoms. The first-order valence-electron chi connectivity index (χ1n) is 9.31. The van der Waals surface area contributed by atoms with Gasteiger partial charge < -0.3 is 10.2 Å². The molecule has 4 rings (SSSR count). The predicted molar refractivity (Wildman–Crippen MR) is 115 cm³/mol. The van der Waals surface area contributed by atoms with Gasteiger partial charge in [-0.05, 0) is 25.1 Å². The van der Waals surface area contributed by atoms with Crippen LogP contribution in [-0.2, 0) is 11.8 Å². The van der Waals surface area contributed by atoms with Gasteiger partial charge in [0.25, 0.3) is 0 Å². The zero-order valence-corrected chi connectivity index (χ0v) is 17.7. The van der Waals surface area contributed by atoms with E-state index in [1.807, 2.05) is 14.0 Å². The summed E-state index contributed by atoms with van der Waals surface area (Å²) in [5, 5.41) is 9.08. The number of fused-ring (bicyclic) bond motifs is 1. The Morgan fingerprint density at radius 2 is 1.79 bits per heavy atom. The number of nitrogens with zero attached hydrogens (tertiary/aromatic N) is 6. The Labute approximate surface area is 178 Å². The second-order valence-electron chi connectivity index (χ2n) is 7.05. The summed E-state index contributed by atoms with van der Waals surface area (Å²) < 4.78 is 1.74. The predicted octanol–water partition coefficient (Wildman–Crippen LogP) is 2.82. The monoisotopic (exact) mass is 433 g/mol. The maximum Gasteiger partial charge on any atom is 0.241 e. The van der Waals surface area contributed by atoms with Crippen molar-refractivity contribution >= 4 is 51.6 Å². The topological polar surface area (TPSA) is 79.2 Å². The van der Waals surface area contributed by atoms with Gasteiger partial charge >= 0.3 is 0 Å². The van der Waals surface area contributed by atoms with Gasteiger partial charge in [0.2, 0.25) is 5.91 Å². The zero-order chi connectivity index (χ0) is 20.5. The lowest BCUT2D eigenvalue weighted by molar-refractivity contribution is -0.120. The van der Waals surface area contributed by atoms with Crippen molar-refractivity contribution in [3.8, 4) is 0 Å². The summed E-state index contributed by atoms with van der Waals surface area (Å²) in [6.07, 6.45) is 3.36. The molecular formula is C19H21Cl2N7O. The molecule has 1 aromatic carbocycles. The molecule has 1 atom stereocenters. The van der Waals surface area contributed by atoms with Crippen molar-refractivity contribution in [2.45, 2.75) is 13.0 Å². The summed E-state index contributed by atoms with van der Waals surface area (Å²) in [6.45, 7) is 4.93. The maximum atomic E-state index is 12.7. The van der Waals surface area contributed by atoms with E-state index in [1.54, 1.807) is 35.4 Å². The van der Waals surface area contributed by atoms with Gasteiger partial charge in [-0.15, -0.1) is 0 Å². The number of amides is 1. The van der Waals surface area contributed by atoms with Gasteiger partial charge in [-0.1, -0.05) is 23.2 Å². The quantitative estimate of drug-likeness (QED) is 0.681. The van der Waals surface area contributed by atoms with Crippen molar-refractivity contribution in [2.75, 3.05) is 36.4 Å². The van der Waals surface area contributed by atoms with Crippen LogP contribution in [-0.4, -0.2) is 62.8 Å². The number of hydrogen-bond acceptors (Lipinski definition) is 6. The second kappa shape index (κ2) is 8.14. The number of nitrogens with one attached hydrogen (secondary N) is 1. The highest BCUT2D eigenvalue weighted by atomic mass is 35.5. The van der Waals surface area contributed by atoms with Gasteiger partial charge in [0.05, 0.1) is 17.6 Å². The molecule has 1 N–H and O–H groups in total. The third-order valence-corrected chi connectivity index (χ3v) is 5.62. The van der Waals surface area contributed by atoms with E-state index in [0.29, 0.717) is 15.7 Å². The van der Waals surface area contributed by atoms with Crippen LogP contribution in [0.5, 0.6) is 0 Å². The van der Waals surface area contributed by atoms with Crippen molar-refractivity contribution in [1.29, 1.82) is 0 Å². The zero-order valence-electron chi connectivity index (χ0n) is 16.1. The molecule has 1 fully saturated rings. The molecule has 10 heteroatoms. The molecule has 3 aromatic rings. The average molecular weight is 434 g/mol. The lowest BCUT2D eigenvalue weighted by Crippen LogP contribution is -2.53. The van der Waals surface area contributed by atoms with E-state index in [0.717, 1.165) is 43.0 Å². The number of carbonyl (C=O) groups excluding carboxylic acids is 1. The number of aryl methyl sites for hydroxylation is 1. The van der Waals surface area contributed by atoms with Gasteiger partial charge in [-0.25, -0.2) is 9.97 Å². The molecule has 2 aromatic heterocycles. The van der Waals surface area contributed by atoms with Crippen LogP contribution in [0, 0.1) is 0 Å². The Morgan fingerprint density at radius 1 is 1.10 bits per heavy atom. The molecule has 152 valence electrons. The highest BCUT2D eigenvalue weighted by molar-refractivity contribution is 6.35. The van der Waals surface area contributed by atoms with Crippen LogP contribution in [0.4, 0.5) is 11.5 Å². The van der Waals surface area contributed by atoms with E-state index in [1.165, 1.54) is 0 Å². The normalized spacial score (nSPS) is 16.2. The molecule has 3 heterocycles. The van der Waals surface area contributed by atoms with Crippen LogP contribution >= 0.6 is 23.2 Å². The summed E-state index contributed by atoms with van der Waals surface area (Å²) in [4.78, 5) is 25.8. The second-order valence-corrected chi connectivity index (χ2v) is 7.92. The van der Waals surface area contributed by atoms with E-state index in [4.69, 9.17) is 23.2 Å². The van der Waals surface area contributed by atoms with Gasteiger partial charge in [0.1, 0.15) is 12.1 Å². The maximum absolute atomic E-state index is 12.7. The SMILES string of the molecule is CC(C(=O)Nc1cc(Cl)cc(Cl)c1)N1CCN(c2ncnc3c2cnn3C)CC1. The van der Waals surface area contributed by atoms with Crippen LogP contribution in [0.3, 0.4) is 0 Å². The first kappa shape index (κ1) is 19.9. The Hall–Kier alpha value is -2.42. The Morgan fingerprint density at radius 3 is 2.48 bits per heavy atom. The van der Waals surface area contributed by atoms with Crippen molar-refractivity contribution in [2.24, 2.45) is 7.05 Å². The molecule has 1 unspecified atom stereocenters. The summed E-state index contributed by atoms with van der Waals surface area (Å²) in [6, 6.07) is 4.72. The van der Waals surface area contributed by atoms with E-state index in [2.05, 4.69) is 30.2 Å². The van der Waals surface area contributed by atoms with Gasteiger partial charge in [0, 0.05) is 49.0 Å². The van der Waals surface area contributed by atoms with Crippen molar-refractivity contribution in [1.82, 2.24) is 24.6 Å². The van der Waals surface area contributed by atoms with Crippen molar-refractivity contribution in [3.63, 3.8) is 0 Å². The van der Waals surface area contributed by atoms with Crippen LogP contribution in [0.25, 0.3) is 11.0 Å². The van der Waals surface area contributed by atoms with Crippen LogP contribution in [0.15, 0.2) is 30.7 Å². The minimum Gasteiger partial charge on any atom is -0.353 e. The molecule has 0 radical (unpaired) electrons. The minimum atomic E-state index is -0.279. The molecule has 1 aliphatic heterocycles. The summed E-state index contributed by atoms with van der Waals surface area (Å²) in [5.74, 6) is 0.793. The Bertz CT molecular complexity index is 1030. The average Bonchev–Trinajstić information content (AvgIpc) is 3.08. The standard InChI is InChI=1S/C19H21Cl2N7O/c1-12(19(29)25-15-8-13(20)7-14(21)9-15)27-3-5-28(6-4-27)18-16-10-24-26(2)17(16)22-11-23-18/h7-12H,3-6H2,1-2H3,(H,25,29). The van der Waals surface area contributed by atoms with Gasteiger partial charge in [-0.2, -0.15) is 5.10 Å². The number of anilines is 2. The first-order valence-corrected chi connectivity index (χ1v) is 10.1. The lowest BCUT2D eigenvalue weighted by Gasteiger charge is -2.38. The summed E-state index contributed by atoms with van der Waals surface area (Å²) >= 11 is 12.0. The highest BCUT2D eigenvalue weighted by Crippen LogP contribution is 2.25. The van der Waals surface area contributed by atoms with Gasteiger partial charge in [0.15, 0.2) is 5.65 Å². The first-order chi connectivity index (χ1) is 13.9. The molecule has 0 aliphatic carbocycles. The summed E-state index contributed by atoms with van der Waals surface area (Å²) in [7, 11) is 1.87. The largest absolute Gasteiger partial charge is 0.353 e. The fraction of sp³-hybridized carbons (Fsp3) is 0.368. The third-order valence-electron chi connectivity index (χ3n) is 5.18. The van der Waals surface area contributed by atoms with Gasteiger partial charge in [-0.3, -0.25) is 14.4 Å². The van der Waals surface area contributed by atoms with Crippen molar-refractivity contribution < 1.29 is 4.79 Å². The molecular weight excluding hydrogens is 413 g/mol. The number of carbonyl (C=O) groups is 1. The minimum absolute atomic E-state index is 0.0894. The van der Waals surface area contributed by atoms with Crippen molar-refractivity contribution in [3.05, 3.63) is 40.8 Å². The molecule has 0 spiro atoms. The van der Waals surface area contributed by atoms with Crippen LogP contribution in [0.1, 0.15) is 6.92 Å². The van der Waals surface area contributed by atoms with Crippen LogP contribution in [0.2, 0.25) is 10.0 Å². The third kappa shape index (κ3) is 4.14.